The Morgan fingerprint density at radius 1 is 0.884 bits per heavy atom. The van der Waals surface area contributed by atoms with E-state index in [9.17, 15) is 34.2 Å². The number of nitrogens with zero attached hydrogens (tertiary/aromatic N) is 5. The number of piperidine rings is 1. The first-order chi connectivity index (χ1) is 32.8. The van der Waals surface area contributed by atoms with Crippen molar-refractivity contribution in [3.05, 3.63) is 53.9 Å². The molecule has 3 aliphatic heterocycles. The molecule has 1 aromatic heterocycles. The Morgan fingerprint density at radius 2 is 1.64 bits per heavy atom. The van der Waals surface area contributed by atoms with E-state index in [1.54, 1.807) is 52.1 Å². The number of carbonyl (C=O) groups excluding carboxylic acids is 5. The Morgan fingerprint density at radius 3 is 2.32 bits per heavy atom. The number of ether oxygens (including phenoxy) is 5. The van der Waals surface area contributed by atoms with Gasteiger partial charge in [-0.25, -0.2) is 9.48 Å². The maximum Gasteiger partial charge on any atom is 0.329 e. The van der Waals surface area contributed by atoms with E-state index in [1.807, 2.05) is 58.1 Å². The van der Waals surface area contributed by atoms with Crippen LogP contribution in [-0.2, 0) is 47.7 Å². The fourth-order valence-corrected chi connectivity index (χ4v) is 10.7. The molecular formula is C52H79N5O12. The van der Waals surface area contributed by atoms with Crippen molar-refractivity contribution < 1.29 is 57.9 Å². The van der Waals surface area contributed by atoms with Gasteiger partial charge in [-0.15, -0.1) is 5.10 Å². The molecule has 4 heterocycles. The van der Waals surface area contributed by atoms with E-state index in [0.29, 0.717) is 56.9 Å². The lowest BCUT2D eigenvalue weighted by Gasteiger charge is -2.42. The van der Waals surface area contributed by atoms with Crippen molar-refractivity contribution in [1.29, 1.82) is 0 Å². The van der Waals surface area contributed by atoms with Gasteiger partial charge >= 0.3 is 5.97 Å². The molecule has 5 rings (SSSR count). The largest absolute Gasteiger partial charge is 0.460 e. The Labute approximate surface area is 408 Å². The van der Waals surface area contributed by atoms with Gasteiger partial charge in [0.15, 0.2) is 5.78 Å². The van der Waals surface area contributed by atoms with Gasteiger partial charge < -0.3 is 38.8 Å². The van der Waals surface area contributed by atoms with Gasteiger partial charge in [0, 0.05) is 58.5 Å². The van der Waals surface area contributed by atoms with E-state index in [2.05, 4.69) is 15.5 Å². The number of methoxy groups -OCH3 is 3. The molecule has 2 saturated heterocycles. The molecule has 0 aromatic carbocycles. The van der Waals surface area contributed by atoms with E-state index < -0.39 is 77.8 Å². The van der Waals surface area contributed by atoms with Crippen LogP contribution >= 0.6 is 0 Å². The summed E-state index contributed by atoms with van der Waals surface area (Å²) in [5, 5.41) is 35.2. The van der Waals surface area contributed by atoms with Crippen molar-refractivity contribution >= 4 is 29.2 Å². The number of esters is 1. The number of allylic oxidation sites excluding steroid dienone is 6. The van der Waals surface area contributed by atoms with E-state index >= 15 is 0 Å². The smallest absolute Gasteiger partial charge is 0.329 e. The molecule has 17 nitrogen and oxygen atoms in total. The van der Waals surface area contributed by atoms with E-state index in [-0.39, 0.29) is 60.9 Å². The number of aliphatic hydroxyl groups is 2. The van der Waals surface area contributed by atoms with Crippen LogP contribution in [0, 0.1) is 35.5 Å². The van der Waals surface area contributed by atoms with Gasteiger partial charge in [0.1, 0.15) is 36.5 Å². The predicted octanol–water partition coefficient (Wildman–Crippen LogP) is 6.05. The lowest BCUT2D eigenvalue weighted by Crippen LogP contribution is -2.61. The Balaban J connectivity index is 1.46. The summed E-state index contributed by atoms with van der Waals surface area (Å²) >= 11 is 0. The Kier molecular flexibility index (Phi) is 20.8. The second-order valence-electron chi connectivity index (χ2n) is 20.4. The molecule has 0 unspecified atom stereocenters. The Hall–Kier alpha value is -4.26. The van der Waals surface area contributed by atoms with Crippen LogP contribution in [0.5, 0.6) is 0 Å². The second-order valence-corrected chi connectivity index (χ2v) is 20.4. The maximum atomic E-state index is 14.5. The first kappa shape index (κ1) is 55.7. The summed E-state index contributed by atoms with van der Waals surface area (Å²) in [6, 6.07) is -1.19. The summed E-state index contributed by atoms with van der Waals surface area (Å²) in [4.78, 5) is 72.3. The molecule has 384 valence electrons. The third-order valence-corrected chi connectivity index (χ3v) is 15.2. The summed E-state index contributed by atoms with van der Waals surface area (Å²) in [6.45, 7) is 12.8. The maximum absolute atomic E-state index is 14.5. The topological polar surface area (TPSA) is 219 Å². The number of fused-ring (bicyclic) bond motifs is 3. The van der Waals surface area contributed by atoms with Crippen molar-refractivity contribution in [3.63, 3.8) is 0 Å². The molecular weight excluding hydrogens is 887 g/mol. The molecule has 1 saturated carbocycles. The molecule has 1 aliphatic carbocycles. The standard InChI is InChI=1S/C52H79N5O12/c1-31-16-12-11-13-17-32(2)43(65-8)28-39-21-19-37(7)52(64,69-39)49(61)50(62)56-23-15-14-18-41(56)51(63)68-44(34(4)26-38-20-22-40(45(27-38)66-9)57-30-53-54-55-57)29-42(58)33(3)25-36(6)47(60)48(67-10)46(59)35(5)24-31/h11-13,16-17,25,30-31,33-35,37-41,43-45,47-48,60,64H,14-15,18-24,26-29H2,1-10H3/b13-11?,16-12+,32-17?,36-25+/t31-,33-,34-,35-,37-,38+,39+,40-,41+,43+,44+,45-,47-,48+,52-/m1/s1. The highest BCUT2D eigenvalue weighted by atomic mass is 16.6. The van der Waals surface area contributed by atoms with Crippen molar-refractivity contribution in [1.82, 2.24) is 25.1 Å². The highest BCUT2D eigenvalue weighted by molar-refractivity contribution is 6.39. The SMILES string of the molecule is CO[C@H]1C[C@@H]2CC[C@@H](C)[C@@](O)(O2)C(=O)C(=O)N2CCCC[C@H]2C(=O)O[C@H]([C@H](C)C[C@@H]2CC[C@@H](n3cnnn3)[C@H](OC)C2)CC(=O)[C@H](C)/C=C(\C)[C@@H](O)[C@@H](OC)C(=O)[C@H](C)C[C@H](C)/C=C/C=CC=C1C. The summed E-state index contributed by atoms with van der Waals surface area (Å²) in [7, 11) is 4.62. The minimum absolute atomic E-state index is 0.0170. The number of rotatable bonds is 7. The average molecular weight is 966 g/mol. The molecule has 2 N–H and O–H groups in total. The predicted molar refractivity (Wildman–Crippen MR) is 256 cm³/mol. The molecule has 0 radical (unpaired) electrons. The van der Waals surface area contributed by atoms with Gasteiger partial charge in [-0.3, -0.25) is 19.2 Å². The van der Waals surface area contributed by atoms with Crippen LogP contribution in [-0.4, -0.2) is 141 Å². The van der Waals surface area contributed by atoms with Gasteiger partial charge in [-0.2, -0.15) is 0 Å². The van der Waals surface area contributed by atoms with Crippen molar-refractivity contribution in [3.8, 4) is 0 Å². The zero-order valence-corrected chi connectivity index (χ0v) is 42.5. The van der Waals surface area contributed by atoms with Gasteiger partial charge in [0.2, 0.25) is 5.79 Å². The summed E-state index contributed by atoms with van der Waals surface area (Å²) in [5.74, 6) is -7.92. The summed E-state index contributed by atoms with van der Waals surface area (Å²) in [6.07, 6.45) is 13.9. The van der Waals surface area contributed by atoms with Gasteiger partial charge in [-0.1, -0.05) is 71.1 Å². The quantitative estimate of drug-likeness (QED) is 0.181. The van der Waals surface area contributed by atoms with Crippen molar-refractivity contribution in [2.45, 2.75) is 180 Å². The summed E-state index contributed by atoms with van der Waals surface area (Å²) in [5.41, 5.74) is 1.27. The fraction of sp³-hybridized carbons (Fsp3) is 0.731. The molecule has 3 fully saturated rings. The van der Waals surface area contributed by atoms with Crippen molar-refractivity contribution in [2.75, 3.05) is 27.9 Å². The fourth-order valence-electron chi connectivity index (χ4n) is 10.7. The molecule has 0 spiro atoms. The monoisotopic (exact) mass is 966 g/mol. The molecule has 1 aromatic rings. The number of hydrogen-bond donors (Lipinski definition) is 2. The zero-order chi connectivity index (χ0) is 50.6. The van der Waals surface area contributed by atoms with Crippen LogP contribution in [0.25, 0.3) is 0 Å². The van der Waals surface area contributed by atoms with Crippen molar-refractivity contribution in [2.24, 2.45) is 35.5 Å². The highest BCUT2D eigenvalue weighted by Crippen LogP contribution is 2.39. The number of amides is 1. The lowest BCUT2D eigenvalue weighted by molar-refractivity contribution is -0.265. The number of carbonyl (C=O) groups is 5. The van der Waals surface area contributed by atoms with E-state index in [0.717, 1.165) is 18.4 Å². The third-order valence-electron chi connectivity index (χ3n) is 15.2. The molecule has 4 aliphatic rings. The van der Waals surface area contributed by atoms with Crippen LogP contribution in [0.3, 0.4) is 0 Å². The van der Waals surface area contributed by atoms with Crippen LogP contribution in [0.15, 0.2) is 53.9 Å². The Bertz CT molecular complexity index is 2020. The van der Waals surface area contributed by atoms with E-state index in [4.69, 9.17) is 23.7 Å². The molecule has 1 amide bonds. The van der Waals surface area contributed by atoms with Gasteiger partial charge in [0.25, 0.3) is 11.7 Å². The molecule has 15 atom stereocenters. The number of cyclic esters (lactones) is 1. The van der Waals surface area contributed by atoms with Crippen LogP contribution in [0.2, 0.25) is 0 Å². The van der Waals surface area contributed by atoms with Gasteiger partial charge in [0.05, 0.1) is 24.4 Å². The number of aromatic nitrogens is 4. The summed E-state index contributed by atoms with van der Waals surface area (Å²) < 4.78 is 31.6. The molecule has 17 heteroatoms. The average Bonchev–Trinajstić information content (AvgIpc) is 3.88. The molecule has 2 bridgehead atoms. The first-order valence-corrected chi connectivity index (χ1v) is 25.0. The minimum atomic E-state index is -2.43. The number of Topliss-reactive ketones (excluding diaryl/α,β-unsaturated/α-hetero) is 3. The first-order valence-electron chi connectivity index (χ1n) is 25.0. The number of tetrazole rings is 1. The number of hydrogen-bond acceptors (Lipinski definition) is 15. The lowest BCUT2D eigenvalue weighted by atomic mass is 9.77. The van der Waals surface area contributed by atoms with Gasteiger partial charge in [-0.05, 0) is 117 Å². The minimum Gasteiger partial charge on any atom is -0.460 e. The highest BCUT2D eigenvalue weighted by Gasteiger charge is 2.53. The molecule has 69 heavy (non-hydrogen) atoms. The second kappa shape index (κ2) is 25.7. The normalized spacial score (nSPS) is 37.5. The van der Waals surface area contributed by atoms with Crippen LogP contribution in [0.4, 0.5) is 0 Å². The number of aliphatic hydroxyl groups excluding tert-OH is 1. The van der Waals surface area contributed by atoms with Crippen LogP contribution < -0.4 is 0 Å². The number of ketones is 3. The zero-order valence-electron chi connectivity index (χ0n) is 42.5. The third kappa shape index (κ3) is 14.2. The van der Waals surface area contributed by atoms with E-state index in [1.165, 1.54) is 12.0 Å². The van der Waals surface area contributed by atoms with Crippen LogP contribution in [0.1, 0.15) is 132 Å².